The molecule has 6 rings (SSSR count). The Morgan fingerprint density at radius 1 is 1.00 bits per heavy atom. The summed E-state index contributed by atoms with van der Waals surface area (Å²) in [5.41, 5.74) is 7.27. The molecule has 16 heavy (non-hydrogen) atoms. The summed E-state index contributed by atoms with van der Waals surface area (Å²) in [5.74, 6) is 1.50. The van der Waals surface area contributed by atoms with Gasteiger partial charge in [0.25, 0.3) is 0 Å². The van der Waals surface area contributed by atoms with Crippen LogP contribution in [0.3, 0.4) is 0 Å². The van der Waals surface area contributed by atoms with E-state index in [9.17, 15) is 4.79 Å². The molecule has 1 radical (unpaired) electrons. The Bertz CT molecular complexity index is 682. The fourth-order valence-electron chi connectivity index (χ4n) is 3.23. The fraction of sp³-hybridized carbons (Fsp3) is 0.133. The van der Waals surface area contributed by atoms with Crippen LogP contribution in [0.15, 0.2) is 30.3 Å². The van der Waals surface area contributed by atoms with E-state index in [2.05, 4.69) is 6.07 Å². The van der Waals surface area contributed by atoms with Crippen molar-refractivity contribution < 1.29 is 4.79 Å². The summed E-state index contributed by atoms with van der Waals surface area (Å²) in [5, 5.41) is 0. The van der Waals surface area contributed by atoms with Crippen molar-refractivity contribution in [3.8, 4) is 0 Å². The van der Waals surface area contributed by atoms with Crippen molar-refractivity contribution in [1.29, 1.82) is 0 Å². The maximum Gasteiger partial charge on any atom is 0.193 e. The van der Waals surface area contributed by atoms with E-state index < -0.39 is 0 Å². The highest BCUT2D eigenvalue weighted by atomic mass is 16.1. The average molecular weight is 203 g/mol. The van der Waals surface area contributed by atoms with E-state index in [1.807, 2.05) is 30.3 Å². The van der Waals surface area contributed by atoms with Crippen molar-refractivity contribution in [2.75, 3.05) is 0 Å². The highest BCUT2D eigenvalue weighted by Gasteiger charge is 2.66. The second-order valence-corrected chi connectivity index (χ2v) is 4.81. The molecule has 2 atom stereocenters. The Kier molecular flexibility index (Phi) is 0.918. The Morgan fingerprint density at radius 3 is 2.44 bits per heavy atom. The topological polar surface area (TPSA) is 17.1 Å². The van der Waals surface area contributed by atoms with Crippen LogP contribution in [0.25, 0.3) is 0 Å². The lowest BCUT2D eigenvalue weighted by Crippen LogP contribution is -2.03. The molecule has 0 heterocycles. The van der Waals surface area contributed by atoms with Gasteiger partial charge in [-0.3, -0.25) is 4.79 Å². The van der Waals surface area contributed by atoms with Crippen LogP contribution in [-0.4, -0.2) is 5.78 Å². The van der Waals surface area contributed by atoms with Gasteiger partial charge in [0.15, 0.2) is 5.78 Å². The van der Waals surface area contributed by atoms with Crippen LogP contribution in [0, 0.1) is 6.07 Å². The quantitative estimate of drug-likeness (QED) is 0.686. The molecule has 0 aromatic heterocycles. The number of carbonyl (C=O) groups is 1. The molecule has 2 unspecified atom stereocenters. The van der Waals surface area contributed by atoms with Crippen LogP contribution in [0.2, 0.25) is 0 Å². The molecule has 0 fully saturated rings. The Labute approximate surface area is 92.7 Å². The van der Waals surface area contributed by atoms with Gasteiger partial charge >= 0.3 is 0 Å². The maximum atomic E-state index is 12.3. The van der Waals surface area contributed by atoms with Gasteiger partial charge in [0.05, 0.1) is 0 Å². The molecule has 0 amide bonds. The molecule has 0 aliphatic heterocycles. The summed E-state index contributed by atoms with van der Waals surface area (Å²) in [6.45, 7) is 0. The summed E-state index contributed by atoms with van der Waals surface area (Å²) in [6.07, 6.45) is 0. The summed E-state index contributed by atoms with van der Waals surface area (Å²) >= 11 is 0. The summed E-state index contributed by atoms with van der Waals surface area (Å²) in [7, 11) is 0. The summed E-state index contributed by atoms with van der Waals surface area (Å²) in [6, 6.07) is 12.8. The Morgan fingerprint density at radius 2 is 1.81 bits per heavy atom. The van der Waals surface area contributed by atoms with E-state index in [4.69, 9.17) is 0 Å². The van der Waals surface area contributed by atoms with Gasteiger partial charge in [0.1, 0.15) is 0 Å². The monoisotopic (exact) mass is 203 g/mol. The SMILES string of the molecule is O=C(c1ccccc1)c1[c]c2c3c4c1C4C23. The zero-order valence-corrected chi connectivity index (χ0v) is 8.45. The average Bonchev–Trinajstić information content (AvgIpc) is 3.14. The lowest BCUT2D eigenvalue weighted by atomic mass is 9.97. The van der Waals surface area contributed by atoms with Crippen LogP contribution in [-0.2, 0) is 0 Å². The molecule has 73 valence electrons. The number of benzene rings is 2. The summed E-state index contributed by atoms with van der Waals surface area (Å²) < 4.78 is 0. The lowest BCUT2D eigenvalue weighted by molar-refractivity contribution is 0.103. The highest BCUT2D eigenvalue weighted by Crippen LogP contribution is 2.79. The molecular formula is C15H7O. The molecule has 0 saturated heterocycles. The van der Waals surface area contributed by atoms with Crippen molar-refractivity contribution in [3.05, 3.63) is 69.8 Å². The van der Waals surface area contributed by atoms with E-state index in [1.165, 1.54) is 22.3 Å². The number of fused-ring (bicyclic) bond motifs is 1. The molecule has 2 aromatic carbocycles. The molecule has 2 aromatic rings. The minimum Gasteiger partial charge on any atom is -0.289 e. The number of hydrogen-bond donors (Lipinski definition) is 0. The van der Waals surface area contributed by atoms with Gasteiger partial charge in [-0.05, 0) is 28.3 Å². The molecular weight excluding hydrogens is 196 g/mol. The Hall–Kier alpha value is -1.89. The van der Waals surface area contributed by atoms with E-state index in [1.54, 1.807) is 0 Å². The number of carbonyl (C=O) groups excluding carboxylic acids is 1. The molecule has 4 aliphatic rings. The van der Waals surface area contributed by atoms with E-state index in [0.29, 0.717) is 11.8 Å². The normalized spacial score (nSPS) is 24.5. The highest BCUT2D eigenvalue weighted by molar-refractivity contribution is 6.13. The molecule has 1 heteroatoms. The number of hydrogen-bond acceptors (Lipinski definition) is 1. The van der Waals surface area contributed by atoms with Crippen molar-refractivity contribution in [3.63, 3.8) is 0 Å². The molecule has 0 spiro atoms. The van der Waals surface area contributed by atoms with Gasteiger partial charge < -0.3 is 0 Å². The van der Waals surface area contributed by atoms with Crippen molar-refractivity contribution in [1.82, 2.24) is 0 Å². The van der Waals surface area contributed by atoms with Crippen molar-refractivity contribution >= 4 is 5.78 Å². The van der Waals surface area contributed by atoms with Crippen LogP contribution < -0.4 is 0 Å². The van der Waals surface area contributed by atoms with Gasteiger partial charge in [-0.2, -0.15) is 0 Å². The molecule has 1 nitrogen and oxygen atoms in total. The molecule has 2 bridgehead atoms. The van der Waals surface area contributed by atoms with E-state index in [0.717, 1.165) is 11.1 Å². The van der Waals surface area contributed by atoms with Gasteiger partial charge in [0, 0.05) is 23.0 Å². The standard InChI is InChI=1S/C15H7O/c16-15(7-4-2-1-3-5-7)9-6-8-10-11(8)14-12(9)13(10)14/h1-5,10,13H. The van der Waals surface area contributed by atoms with Crippen molar-refractivity contribution in [2.45, 2.75) is 11.8 Å². The zero-order valence-electron chi connectivity index (χ0n) is 8.45. The number of ketones is 1. The smallest absolute Gasteiger partial charge is 0.193 e. The maximum absolute atomic E-state index is 12.3. The fourth-order valence-corrected chi connectivity index (χ4v) is 3.23. The third-order valence-electron chi connectivity index (χ3n) is 4.07. The molecule has 0 saturated carbocycles. The molecule has 4 aliphatic carbocycles. The van der Waals surface area contributed by atoms with Crippen molar-refractivity contribution in [2.24, 2.45) is 0 Å². The minimum absolute atomic E-state index is 0.146. The van der Waals surface area contributed by atoms with E-state index in [-0.39, 0.29) is 5.78 Å². The predicted octanol–water partition coefficient (Wildman–Crippen LogP) is 2.62. The first-order chi connectivity index (χ1) is 7.88. The first-order valence-electron chi connectivity index (χ1n) is 5.60. The van der Waals surface area contributed by atoms with Crippen LogP contribution in [0.1, 0.15) is 50.0 Å². The van der Waals surface area contributed by atoms with E-state index >= 15 is 0 Å². The van der Waals surface area contributed by atoms with Crippen LogP contribution in [0.5, 0.6) is 0 Å². The first-order valence-corrected chi connectivity index (χ1v) is 5.60. The second-order valence-electron chi connectivity index (χ2n) is 4.81. The van der Waals surface area contributed by atoms with Gasteiger partial charge in [0.2, 0.25) is 0 Å². The third-order valence-corrected chi connectivity index (χ3v) is 4.07. The van der Waals surface area contributed by atoms with Crippen LogP contribution in [0.4, 0.5) is 0 Å². The van der Waals surface area contributed by atoms with Crippen LogP contribution >= 0.6 is 0 Å². The van der Waals surface area contributed by atoms with Gasteiger partial charge in [-0.1, -0.05) is 30.3 Å². The largest absolute Gasteiger partial charge is 0.289 e. The summed E-state index contributed by atoms with van der Waals surface area (Å²) in [4.78, 5) is 12.3. The zero-order chi connectivity index (χ0) is 10.4. The minimum atomic E-state index is 0.146. The number of rotatable bonds is 2. The van der Waals surface area contributed by atoms with Gasteiger partial charge in [-0.25, -0.2) is 0 Å². The lowest BCUT2D eigenvalue weighted by Gasteiger charge is -2.03. The van der Waals surface area contributed by atoms with Gasteiger partial charge in [-0.15, -0.1) is 0 Å². The molecule has 0 N–H and O–H groups in total. The second kappa shape index (κ2) is 1.99. The predicted molar refractivity (Wildman–Crippen MR) is 58.8 cm³/mol. The first kappa shape index (κ1) is 7.39. The Balaban J connectivity index is 1.68. The third kappa shape index (κ3) is 0.595.